The topological polar surface area (TPSA) is 87.9 Å². The maximum Gasteiger partial charge on any atom is 0.251 e. The summed E-state index contributed by atoms with van der Waals surface area (Å²) in [4.78, 5) is 16.5. The van der Waals surface area contributed by atoms with Gasteiger partial charge < -0.3 is 25.1 Å². The van der Waals surface area contributed by atoms with Gasteiger partial charge in [0.15, 0.2) is 5.96 Å². The Kier molecular flexibility index (Phi) is 9.71. The third-order valence-corrected chi connectivity index (χ3v) is 4.02. The number of carbonyl (C=O) groups is 1. The molecule has 0 bridgehead atoms. The van der Waals surface area contributed by atoms with Crippen LogP contribution >= 0.6 is 0 Å². The Labute approximate surface area is 170 Å². The zero-order valence-corrected chi connectivity index (χ0v) is 17.0. The molecular formula is C21H29FN4O3. The lowest BCUT2D eigenvalue weighted by molar-refractivity contribution is 0.0954. The normalized spacial score (nSPS) is 11.3. The first-order valence-electron chi connectivity index (χ1n) is 9.76. The minimum Gasteiger partial charge on any atom is -0.467 e. The highest BCUT2D eigenvalue weighted by Gasteiger charge is 2.07. The Morgan fingerprint density at radius 1 is 1.21 bits per heavy atom. The molecule has 8 heteroatoms. The van der Waals surface area contributed by atoms with Crippen LogP contribution in [-0.4, -0.2) is 44.7 Å². The van der Waals surface area contributed by atoms with Gasteiger partial charge in [0.2, 0.25) is 0 Å². The predicted molar refractivity (Wildman–Crippen MR) is 110 cm³/mol. The zero-order chi connectivity index (χ0) is 20.9. The fourth-order valence-corrected chi connectivity index (χ4v) is 2.46. The van der Waals surface area contributed by atoms with Crippen LogP contribution in [0, 0.1) is 12.7 Å². The quantitative estimate of drug-likeness (QED) is 0.304. The van der Waals surface area contributed by atoms with E-state index in [4.69, 9.17) is 9.15 Å². The Morgan fingerprint density at radius 2 is 2.03 bits per heavy atom. The van der Waals surface area contributed by atoms with Gasteiger partial charge in [0.25, 0.3) is 5.91 Å². The number of aliphatic imine (C=N–C) groups is 1. The van der Waals surface area contributed by atoms with Crippen LogP contribution in [0.3, 0.4) is 0 Å². The Balaban J connectivity index is 1.63. The molecular weight excluding hydrogens is 375 g/mol. The molecule has 0 spiro atoms. The highest BCUT2D eigenvalue weighted by Crippen LogP contribution is 2.08. The van der Waals surface area contributed by atoms with Crippen molar-refractivity contribution in [3.8, 4) is 0 Å². The van der Waals surface area contributed by atoms with E-state index in [1.807, 2.05) is 19.1 Å². The number of aryl methyl sites for hydroxylation is 1. The van der Waals surface area contributed by atoms with E-state index >= 15 is 0 Å². The second-order valence-electron chi connectivity index (χ2n) is 6.39. The van der Waals surface area contributed by atoms with Crippen LogP contribution in [0.2, 0.25) is 0 Å². The minimum atomic E-state index is -0.384. The summed E-state index contributed by atoms with van der Waals surface area (Å²) >= 11 is 0. The van der Waals surface area contributed by atoms with Gasteiger partial charge in [-0.2, -0.15) is 0 Å². The van der Waals surface area contributed by atoms with E-state index < -0.39 is 0 Å². The van der Waals surface area contributed by atoms with Gasteiger partial charge in [-0.25, -0.2) is 4.39 Å². The van der Waals surface area contributed by atoms with E-state index in [-0.39, 0.29) is 11.7 Å². The molecule has 3 N–H and O–H groups in total. The van der Waals surface area contributed by atoms with Crippen molar-refractivity contribution in [2.24, 2.45) is 4.99 Å². The monoisotopic (exact) mass is 404 g/mol. The van der Waals surface area contributed by atoms with E-state index in [2.05, 4.69) is 20.9 Å². The number of hydrogen-bond acceptors (Lipinski definition) is 4. The first-order chi connectivity index (χ1) is 14.1. The lowest BCUT2D eigenvalue weighted by Crippen LogP contribution is -2.41. The fourth-order valence-electron chi connectivity index (χ4n) is 2.46. The second-order valence-corrected chi connectivity index (χ2v) is 6.39. The van der Waals surface area contributed by atoms with Crippen LogP contribution in [0.1, 0.15) is 35.0 Å². The largest absolute Gasteiger partial charge is 0.467 e. The molecule has 0 aliphatic carbocycles. The van der Waals surface area contributed by atoms with Gasteiger partial charge in [-0.15, -0.1) is 0 Å². The van der Waals surface area contributed by atoms with E-state index in [0.29, 0.717) is 49.9 Å². The summed E-state index contributed by atoms with van der Waals surface area (Å²) in [5.41, 5.74) is 0.823. The number of nitrogens with one attached hydrogen (secondary N) is 3. The maximum atomic E-state index is 13.6. The summed E-state index contributed by atoms with van der Waals surface area (Å²) in [6.45, 7) is 6.93. The lowest BCUT2D eigenvalue weighted by atomic mass is 10.1. The number of rotatable bonds is 11. The summed E-state index contributed by atoms with van der Waals surface area (Å²) in [6.07, 6.45) is 2.41. The number of ether oxygens (including phenoxy) is 1. The molecule has 0 atom stereocenters. The van der Waals surface area contributed by atoms with Gasteiger partial charge >= 0.3 is 0 Å². The molecule has 7 nitrogen and oxygen atoms in total. The van der Waals surface area contributed by atoms with Crippen molar-refractivity contribution in [3.05, 3.63) is 59.3 Å². The number of carbonyl (C=O) groups excluding carboxylic acids is 1. The molecule has 1 heterocycles. The highest BCUT2D eigenvalue weighted by molar-refractivity contribution is 5.94. The first kappa shape index (κ1) is 22.4. The summed E-state index contributed by atoms with van der Waals surface area (Å²) in [5.74, 6) is 0.792. The summed E-state index contributed by atoms with van der Waals surface area (Å²) in [6, 6.07) is 8.16. The SMILES string of the molecule is CCNC(=NCCCOCc1ccco1)NCCNC(=O)c1ccc(C)c(F)c1. The van der Waals surface area contributed by atoms with Gasteiger partial charge in [0.05, 0.1) is 6.26 Å². The average molecular weight is 404 g/mol. The molecule has 1 aromatic carbocycles. The van der Waals surface area contributed by atoms with Gasteiger partial charge in [0.1, 0.15) is 18.2 Å². The van der Waals surface area contributed by atoms with Gasteiger partial charge in [0, 0.05) is 38.3 Å². The minimum absolute atomic E-state index is 0.304. The van der Waals surface area contributed by atoms with E-state index in [1.54, 1.807) is 25.3 Å². The third-order valence-electron chi connectivity index (χ3n) is 4.02. The summed E-state index contributed by atoms with van der Waals surface area (Å²) in [5, 5.41) is 9.07. The number of hydrogen-bond donors (Lipinski definition) is 3. The van der Waals surface area contributed by atoms with Crippen molar-refractivity contribution in [2.45, 2.75) is 26.9 Å². The molecule has 2 rings (SSSR count). The van der Waals surface area contributed by atoms with Gasteiger partial charge in [-0.1, -0.05) is 6.07 Å². The van der Waals surface area contributed by atoms with E-state index in [0.717, 1.165) is 18.7 Å². The van der Waals surface area contributed by atoms with Crippen LogP contribution < -0.4 is 16.0 Å². The molecule has 2 aromatic rings. The van der Waals surface area contributed by atoms with Crippen LogP contribution in [0.25, 0.3) is 0 Å². The fraction of sp³-hybridized carbons (Fsp3) is 0.429. The number of nitrogens with zero attached hydrogens (tertiary/aromatic N) is 1. The molecule has 0 radical (unpaired) electrons. The third kappa shape index (κ3) is 8.35. The zero-order valence-electron chi connectivity index (χ0n) is 17.0. The lowest BCUT2D eigenvalue weighted by Gasteiger charge is -2.12. The standard InChI is InChI=1S/C21H29FN4O3/c1-3-23-21(25-9-5-12-28-15-18-6-4-13-29-18)26-11-10-24-20(27)17-8-7-16(2)19(22)14-17/h4,6-8,13-14H,3,5,9-12,15H2,1-2H3,(H,24,27)(H2,23,25,26). The van der Waals surface area contributed by atoms with Crippen LogP contribution in [0.4, 0.5) is 4.39 Å². The molecule has 0 saturated carbocycles. The van der Waals surface area contributed by atoms with Crippen molar-refractivity contribution in [2.75, 3.05) is 32.8 Å². The number of benzene rings is 1. The molecule has 0 unspecified atom stereocenters. The summed E-state index contributed by atoms with van der Waals surface area (Å²) in [7, 11) is 0. The van der Waals surface area contributed by atoms with Gasteiger partial charge in [-0.05, 0) is 50.1 Å². The van der Waals surface area contributed by atoms with E-state index in [1.165, 1.54) is 6.07 Å². The average Bonchev–Trinajstić information content (AvgIpc) is 3.23. The van der Waals surface area contributed by atoms with Crippen LogP contribution in [0.15, 0.2) is 46.0 Å². The van der Waals surface area contributed by atoms with Crippen LogP contribution in [0.5, 0.6) is 0 Å². The second kappa shape index (κ2) is 12.6. The van der Waals surface area contributed by atoms with Crippen molar-refractivity contribution in [1.82, 2.24) is 16.0 Å². The molecule has 0 aliphatic heterocycles. The number of amides is 1. The Bertz CT molecular complexity index is 778. The first-order valence-corrected chi connectivity index (χ1v) is 9.76. The molecule has 1 aromatic heterocycles. The molecule has 0 fully saturated rings. The van der Waals surface area contributed by atoms with Crippen LogP contribution in [-0.2, 0) is 11.3 Å². The Morgan fingerprint density at radius 3 is 2.76 bits per heavy atom. The van der Waals surface area contributed by atoms with Gasteiger partial charge in [-0.3, -0.25) is 9.79 Å². The smallest absolute Gasteiger partial charge is 0.251 e. The molecule has 29 heavy (non-hydrogen) atoms. The number of furan rings is 1. The highest BCUT2D eigenvalue weighted by atomic mass is 19.1. The Hall–Kier alpha value is -2.87. The molecule has 158 valence electrons. The van der Waals surface area contributed by atoms with Crippen molar-refractivity contribution in [1.29, 1.82) is 0 Å². The maximum absolute atomic E-state index is 13.6. The molecule has 1 amide bonds. The summed E-state index contributed by atoms with van der Waals surface area (Å²) < 4.78 is 24.3. The number of halogens is 1. The van der Waals surface area contributed by atoms with E-state index in [9.17, 15) is 9.18 Å². The van der Waals surface area contributed by atoms with Crippen molar-refractivity contribution in [3.63, 3.8) is 0 Å². The number of guanidine groups is 1. The predicted octanol–water partition coefficient (Wildman–Crippen LogP) is 2.62. The molecule has 0 saturated heterocycles. The molecule has 0 aliphatic rings. The van der Waals surface area contributed by atoms with Crippen molar-refractivity contribution >= 4 is 11.9 Å². The van der Waals surface area contributed by atoms with Crippen molar-refractivity contribution < 1.29 is 18.3 Å².